The van der Waals surface area contributed by atoms with E-state index in [1.165, 1.54) is 7.11 Å². The van der Waals surface area contributed by atoms with Gasteiger partial charge in [-0.15, -0.1) is 0 Å². The molecule has 126 valence electrons. The molecule has 1 aliphatic rings. The summed E-state index contributed by atoms with van der Waals surface area (Å²) in [6, 6.07) is 9.96. The summed E-state index contributed by atoms with van der Waals surface area (Å²) >= 11 is 0. The molecule has 0 saturated heterocycles. The lowest BCUT2D eigenvalue weighted by Gasteiger charge is -2.13. The van der Waals surface area contributed by atoms with Gasteiger partial charge in [0.05, 0.1) is 13.0 Å². The lowest BCUT2D eigenvalue weighted by atomic mass is 10.0. The maximum absolute atomic E-state index is 12.7. The van der Waals surface area contributed by atoms with Gasteiger partial charge >= 0.3 is 0 Å². The zero-order valence-corrected chi connectivity index (χ0v) is 14.4. The number of hydrogen-bond acceptors (Lipinski definition) is 4. The molecule has 1 atom stereocenters. The van der Waals surface area contributed by atoms with Gasteiger partial charge in [0, 0.05) is 11.4 Å². The molecule has 0 radical (unpaired) electrons. The van der Waals surface area contributed by atoms with E-state index in [1.54, 1.807) is 43.3 Å². The highest BCUT2D eigenvalue weighted by molar-refractivity contribution is 7.92. The monoisotopic (exact) mass is 346 g/mol. The third-order valence-corrected chi connectivity index (χ3v) is 5.43. The van der Waals surface area contributed by atoms with Gasteiger partial charge in [-0.05, 0) is 55.3 Å². The third-order valence-electron chi connectivity index (χ3n) is 4.03. The number of carbonyl (C=O) groups excluding carboxylic acids is 1. The van der Waals surface area contributed by atoms with Crippen molar-refractivity contribution in [3.8, 4) is 5.75 Å². The molecular formula is C17H18N2O4S. The van der Waals surface area contributed by atoms with Crippen LogP contribution in [0.4, 0.5) is 11.4 Å². The van der Waals surface area contributed by atoms with Crippen LogP contribution in [0.5, 0.6) is 5.75 Å². The van der Waals surface area contributed by atoms with E-state index in [2.05, 4.69) is 10.0 Å². The summed E-state index contributed by atoms with van der Waals surface area (Å²) in [6.45, 7) is 3.59. The van der Waals surface area contributed by atoms with Gasteiger partial charge < -0.3 is 10.1 Å². The van der Waals surface area contributed by atoms with E-state index in [9.17, 15) is 13.2 Å². The van der Waals surface area contributed by atoms with E-state index < -0.39 is 10.0 Å². The molecule has 0 aromatic heterocycles. The van der Waals surface area contributed by atoms with Crippen molar-refractivity contribution in [2.75, 3.05) is 17.1 Å². The van der Waals surface area contributed by atoms with Crippen LogP contribution >= 0.6 is 0 Å². The van der Waals surface area contributed by atoms with E-state index in [0.29, 0.717) is 11.4 Å². The van der Waals surface area contributed by atoms with E-state index in [-0.39, 0.29) is 22.5 Å². The number of rotatable bonds is 4. The van der Waals surface area contributed by atoms with Gasteiger partial charge in [0.1, 0.15) is 10.6 Å². The zero-order valence-electron chi connectivity index (χ0n) is 13.6. The van der Waals surface area contributed by atoms with Crippen molar-refractivity contribution in [1.82, 2.24) is 0 Å². The quantitative estimate of drug-likeness (QED) is 0.891. The molecule has 2 N–H and O–H groups in total. The Balaban J connectivity index is 1.97. The first-order valence-corrected chi connectivity index (χ1v) is 8.92. The maximum atomic E-state index is 12.7. The highest BCUT2D eigenvalue weighted by Crippen LogP contribution is 2.35. The Bertz CT molecular complexity index is 922. The van der Waals surface area contributed by atoms with Crippen LogP contribution < -0.4 is 14.8 Å². The van der Waals surface area contributed by atoms with Gasteiger partial charge in [0.25, 0.3) is 10.0 Å². The van der Waals surface area contributed by atoms with Crippen molar-refractivity contribution in [3.63, 3.8) is 0 Å². The van der Waals surface area contributed by atoms with Crippen molar-refractivity contribution < 1.29 is 17.9 Å². The van der Waals surface area contributed by atoms with Crippen molar-refractivity contribution in [2.45, 2.75) is 24.7 Å². The van der Waals surface area contributed by atoms with Gasteiger partial charge in [-0.3, -0.25) is 9.52 Å². The molecule has 3 rings (SSSR count). The number of benzene rings is 2. The molecule has 1 unspecified atom stereocenters. The van der Waals surface area contributed by atoms with Gasteiger partial charge in [-0.1, -0.05) is 6.07 Å². The molecule has 0 fully saturated rings. The van der Waals surface area contributed by atoms with Crippen molar-refractivity contribution in [2.24, 2.45) is 0 Å². The summed E-state index contributed by atoms with van der Waals surface area (Å²) in [5.74, 6) is -0.122. The van der Waals surface area contributed by atoms with Crippen LogP contribution in [0.2, 0.25) is 0 Å². The number of amides is 1. The maximum Gasteiger partial charge on any atom is 0.265 e. The lowest BCUT2D eigenvalue weighted by molar-refractivity contribution is -0.116. The first-order valence-electron chi connectivity index (χ1n) is 7.44. The topological polar surface area (TPSA) is 84.5 Å². The fraction of sp³-hybridized carbons (Fsp3) is 0.235. The number of sulfonamides is 1. The number of hydrogen-bond donors (Lipinski definition) is 2. The summed E-state index contributed by atoms with van der Waals surface area (Å²) in [4.78, 5) is 11.8. The molecule has 0 spiro atoms. The van der Waals surface area contributed by atoms with Crippen LogP contribution in [0.3, 0.4) is 0 Å². The average molecular weight is 346 g/mol. The second kappa shape index (κ2) is 5.83. The van der Waals surface area contributed by atoms with Gasteiger partial charge in [-0.2, -0.15) is 0 Å². The Morgan fingerprint density at radius 2 is 1.92 bits per heavy atom. The van der Waals surface area contributed by atoms with Crippen LogP contribution in [0, 0.1) is 6.92 Å². The van der Waals surface area contributed by atoms with Crippen molar-refractivity contribution in [3.05, 3.63) is 47.5 Å². The van der Waals surface area contributed by atoms with Gasteiger partial charge in [-0.25, -0.2) is 8.42 Å². The smallest absolute Gasteiger partial charge is 0.265 e. The highest BCUT2D eigenvalue weighted by atomic mass is 32.2. The summed E-state index contributed by atoms with van der Waals surface area (Å²) in [7, 11) is -2.38. The minimum atomic E-state index is -3.81. The number of nitrogens with one attached hydrogen (secondary N) is 2. The Hall–Kier alpha value is -2.54. The number of anilines is 2. The van der Waals surface area contributed by atoms with Crippen LogP contribution in [0.15, 0.2) is 41.3 Å². The minimum absolute atomic E-state index is 0.0766. The highest BCUT2D eigenvalue weighted by Gasteiger charge is 2.27. The van der Waals surface area contributed by atoms with Crippen LogP contribution in [-0.2, 0) is 14.8 Å². The summed E-state index contributed by atoms with van der Waals surface area (Å²) in [5.41, 5.74) is 2.70. The van der Waals surface area contributed by atoms with E-state index >= 15 is 0 Å². The van der Waals surface area contributed by atoms with Crippen molar-refractivity contribution >= 4 is 27.3 Å². The molecule has 1 aliphatic heterocycles. The molecule has 7 heteroatoms. The fourth-order valence-electron chi connectivity index (χ4n) is 2.68. The Morgan fingerprint density at radius 1 is 1.17 bits per heavy atom. The molecule has 1 amide bonds. The van der Waals surface area contributed by atoms with Gasteiger partial charge in [0.2, 0.25) is 5.91 Å². The molecule has 0 saturated carbocycles. The molecular weight excluding hydrogens is 328 g/mol. The number of fused-ring (bicyclic) bond motifs is 1. The number of methoxy groups -OCH3 is 1. The number of carbonyl (C=O) groups is 1. The Kier molecular flexibility index (Phi) is 3.96. The SMILES string of the molecule is COc1ccc(C)cc1S(=O)(=O)Nc1ccc2c(c1)C(C)C(=O)N2. The second-order valence-corrected chi connectivity index (χ2v) is 7.42. The van der Waals surface area contributed by atoms with E-state index in [0.717, 1.165) is 11.1 Å². The number of aryl methyl sites for hydroxylation is 1. The normalized spacial score (nSPS) is 16.5. The molecule has 24 heavy (non-hydrogen) atoms. The fourth-order valence-corrected chi connectivity index (χ4v) is 3.99. The third kappa shape index (κ3) is 2.82. The predicted octanol–water partition coefficient (Wildman–Crippen LogP) is 2.86. The first kappa shape index (κ1) is 16.3. The van der Waals surface area contributed by atoms with E-state index in [1.807, 2.05) is 6.92 Å². The molecule has 6 nitrogen and oxygen atoms in total. The Morgan fingerprint density at radius 3 is 2.62 bits per heavy atom. The predicted molar refractivity (Wildman–Crippen MR) is 92.0 cm³/mol. The minimum Gasteiger partial charge on any atom is -0.495 e. The van der Waals surface area contributed by atoms with Gasteiger partial charge in [0.15, 0.2) is 0 Å². The lowest BCUT2D eigenvalue weighted by Crippen LogP contribution is -2.14. The molecule has 2 aromatic carbocycles. The summed E-state index contributed by atoms with van der Waals surface area (Å²) in [6.07, 6.45) is 0. The van der Waals surface area contributed by atoms with Crippen LogP contribution in [-0.4, -0.2) is 21.4 Å². The van der Waals surface area contributed by atoms with Crippen molar-refractivity contribution in [1.29, 1.82) is 0 Å². The average Bonchev–Trinajstić information content (AvgIpc) is 2.82. The molecule has 2 aromatic rings. The van der Waals surface area contributed by atoms with Crippen LogP contribution in [0.25, 0.3) is 0 Å². The zero-order chi connectivity index (χ0) is 17.5. The summed E-state index contributed by atoms with van der Waals surface area (Å²) in [5, 5.41) is 2.76. The summed E-state index contributed by atoms with van der Waals surface area (Å²) < 4.78 is 33.1. The Labute approximate surface area is 140 Å². The number of ether oxygens (including phenoxy) is 1. The largest absolute Gasteiger partial charge is 0.495 e. The molecule has 0 bridgehead atoms. The molecule has 0 aliphatic carbocycles. The van der Waals surface area contributed by atoms with Crippen LogP contribution in [0.1, 0.15) is 24.0 Å². The van der Waals surface area contributed by atoms with E-state index in [4.69, 9.17) is 4.74 Å². The molecule has 1 heterocycles. The first-order chi connectivity index (χ1) is 11.3. The second-order valence-electron chi connectivity index (χ2n) is 5.77. The standard InChI is InChI=1S/C17H18N2O4S/c1-10-4-7-15(23-3)16(8-10)24(21,22)19-12-5-6-14-13(9-12)11(2)17(20)18-14/h4-9,11,19H,1-3H3,(H,18,20).